The molecule has 2 nitrogen and oxygen atoms in total. The van der Waals surface area contributed by atoms with E-state index in [2.05, 4.69) is 15.9 Å². The van der Waals surface area contributed by atoms with E-state index in [1.54, 1.807) is 6.07 Å². The second-order valence-electron chi connectivity index (χ2n) is 3.97. The van der Waals surface area contributed by atoms with Crippen LogP contribution >= 0.6 is 15.9 Å². The normalized spacial score (nSPS) is 10.6. The lowest BCUT2D eigenvalue weighted by Gasteiger charge is -2.07. The van der Waals surface area contributed by atoms with Gasteiger partial charge in [-0.3, -0.25) is 0 Å². The summed E-state index contributed by atoms with van der Waals surface area (Å²) < 4.78 is 19.4. The van der Waals surface area contributed by atoms with Crippen molar-refractivity contribution in [1.82, 2.24) is 0 Å². The molecule has 4 heteroatoms. The van der Waals surface area contributed by atoms with Gasteiger partial charge in [-0.15, -0.1) is 0 Å². The maximum Gasteiger partial charge on any atom is 0.123 e. The Hall–Kier alpha value is -1.39. The van der Waals surface area contributed by atoms with E-state index < -0.39 is 0 Å². The van der Waals surface area contributed by atoms with Gasteiger partial charge in [0.1, 0.15) is 5.82 Å². The van der Waals surface area contributed by atoms with Crippen molar-refractivity contribution in [2.24, 2.45) is 0 Å². The lowest BCUT2D eigenvalue weighted by molar-refractivity contribution is 0.106. The van der Waals surface area contributed by atoms with Gasteiger partial charge in [-0.05, 0) is 41.5 Å². The molecule has 0 radical (unpaired) electrons. The summed E-state index contributed by atoms with van der Waals surface area (Å²) in [6.07, 6.45) is 0. The molecule has 0 aliphatic carbocycles. The van der Waals surface area contributed by atoms with E-state index in [-0.39, 0.29) is 5.82 Å². The van der Waals surface area contributed by atoms with Gasteiger partial charge in [0.25, 0.3) is 0 Å². The molecule has 0 amide bonds. The monoisotopic (exact) mass is 309 g/mol. The molecule has 0 saturated heterocycles. The van der Waals surface area contributed by atoms with Crippen molar-refractivity contribution in [1.29, 1.82) is 0 Å². The Kier molecular flexibility index (Phi) is 4.33. The minimum atomic E-state index is -0.260. The van der Waals surface area contributed by atoms with Gasteiger partial charge in [0.2, 0.25) is 0 Å². The third-order valence-electron chi connectivity index (χ3n) is 2.51. The van der Waals surface area contributed by atoms with Crippen molar-refractivity contribution in [3.8, 4) is 0 Å². The average Bonchev–Trinajstić information content (AvgIpc) is 2.36. The predicted molar refractivity (Wildman–Crippen MR) is 73.4 cm³/mol. The summed E-state index contributed by atoms with van der Waals surface area (Å²) in [6, 6.07) is 12.0. The van der Waals surface area contributed by atoms with Gasteiger partial charge in [0, 0.05) is 10.2 Å². The number of anilines is 1. The molecule has 0 saturated carbocycles. The largest absolute Gasteiger partial charge is 0.399 e. The van der Waals surface area contributed by atoms with E-state index in [0.29, 0.717) is 13.2 Å². The van der Waals surface area contributed by atoms with Crippen LogP contribution in [0.2, 0.25) is 0 Å². The van der Waals surface area contributed by atoms with Gasteiger partial charge in [-0.1, -0.05) is 28.1 Å². The number of hydrogen-bond donors (Lipinski definition) is 1. The van der Waals surface area contributed by atoms with Crippen LogP contribution in [-0.2, 0) is 18.0 Å². The third-order valence-corrected chi connectivity index (χ3v) is 3.29. The molecule has 0 aliphatic heterocycles. The number of benzene rings is 2. The first-order valence-electron chi connectivity index (χ1n) is 5.51. The van der Waals surface area contributed by atoms with Gasteiger partial charge in [-0.2, -0.15) is 0 Å². The highest BCUT2D eigenvalue weighted by molar-refractivity contribution is 9.10. The van der Waals surface area contributed by atoms with Gasteiger partial charge < -0.3 is 10.5 Å². The highest BCUT2D eigenvalue weighted by Crippen LogP contribution is 2.19. The molecule has 2 rings (SSSR count). The van der Waals surface area contributed by atoms with E-state index in [4.69, 9.17) is 10.5 Å². The molecule has 0 atom stereocenters. The topological polar surface area (TPSA) is 35.2 Å². The van der Waals surface area contributed by atoms with Crippen LogP contribution in [-0.4, -0.2) is 0 Å². The molecule has 94 valence electrons. The van der Waals surface area contributed by atoms with Crippen molar-refractivity contribution in [2.45, 2.75) is 13.2 Å². The van der Waals surface area contributed by atoms with Crippen LogP contribution in [0.25, 0.3) is 0 Å². The minimum absolute atomic E-state index is 0.260. The fraction of sp³-hybridized carbons (Fsp3) is 0.143. The highest BCUT2D eigenvalue weighted by Gasteiger charge is 2.02. The molecule has 0 heterocycles. The fourth-order valence-corrected chi connectivity index (χ4v) is 1.91. The average molecular weight is 310 g/mol. The maximum absolute atomic E-state index is 13.1. The van der Waals surface area contributed by atoms with Crippen molar-refractivity contribution in [2.75, 3.05) is 5.73 Å². The third kappa shape index (κ3) is 3.55. The summed E-state index contributed by atoms with van der Waals surface area (Å²) in [4.78, 5) is 0. The summed E-state index contributed by atoms with van der Waals surface area (Å²) in [6.45, 7) is 0.839. The Balaban J connectivity index is 1.92. The maximum atomic E-state index is 13.1. The van der Waals surface area contributed by atoms with E-state index in [1.807, 2.05) is 24.3 Å². The molecule has 0 spiro atoms. The second kappa shape index (κ2) is 5.98. The molecule has 0 unspecified atom stereocenters. The van der Waals surface area contributed by atoms with Crippen LogP contribution in [0.1, 0.15) is 11.1 Å². The van der Waals surface area contributed by atoms with Crippen LogP contribution in [0.4, 0.5) is 10.1 Å². The lowest BCUT2D eigenvalue weighted by Crippen LogP contribution is -1.96. The van der Waals surface area contributed by atoms with E-state index in [1.165, 1.54) is 12.1 Å². The minimum Gasteiger partial charge on any atom is -0.399 e. The fourth-order valence-electron chi connectivity index (χ4n) is 1.55. The molecule has 0 bridgehead atoms. The van der Waals surface area contributed by atoms with Gasteiger partial charge in [-0.25, -0.2) is 4.39 Å². The smallest absolute Gasteiger partial charge is 0.123 e. The number of ether oxygens (including phenoxy) is 1. The molecule has 2 N–H and O–H groups in total. The number of halogens is 2. The van der Waals surface area contributed by atoms with Crippen LogP contribution in [0.5, 0.6) is 0 Å². The van der Waals surface area contributed by atoms with Gasteiger partial charge in [0.15, 0.2) is 0 Å². The van der Waals surface area contributed by atoms with Crippen LogP contribution in [0.3, 0.4) is 0 Å². The summed E-state index contributed by atoms with van der Waals surface area (Å²) in [5.41, 5.74) is 8.16. The van der Waals surface area contributed by atoms with Crippen molar-refractivity contribution >= 4 is 21.6 Å². The first-order valence-corrected chi connectivity index (χ1v) is 6.30. The molecule has 2 aromatic carbocycles. The lowest BCUT2D eigenvalue weighted by atomic mass is 10.2. The zero-order chi connectivity index (χ0) is 13.0. The van der Waals surface area contributed by atoms with Crippen molar-refractivity contribution < 1.29 is 9.13 Å². The zero-order valence-corrected chi connectivity index (χ0v) is 11.3. The van der Waals surface area contributed by atoms with E-state index in [9.17, 15) is 4.39 Å². The summed E-state index contributed by atoms with van der Waals surface area (Å²) in [5.74, 6) is -0.260. The van der Waals surface area contributed by atoms with E-state index in [0.717, 1.165) is 21.3 Å². The molecule has 0 aliphatic rings. The Morgan fingerprint density at radius 1 is 1.06 bits per heavy atom. The second-order valence-corrected chi connectivity index (χ2v) is 4.82. The molecule has 0 fully saturated rings. The summed E-state index contributed by atoms with van der Waals surface area (Å²) >= 11 is 3.36. The van der Waals surface area contributed by atoms with Crippen LogP contribution < -0.4 is 5.73 Å². The first-order chi connectivity index (χ1) is 8.65. The van der Waals surface area contributed by atoms with Crippen molar-refractivity contribution in [3.05, 3.63) is 63.9 Å². The SMILES string of the molecule is Nc1ccc(COCc2cc(F)ccc2Br)cc1. The van der Waals surface area contributed by atoms with E-state index >= 15 is 0 Å². The number of rotatable bonds is 4. The Morgan fingerprint density at radius 2 is 1.78 bits per heavy atom. The molecule has 0 aromatic heterocycles. The van der Waals surface area contributed by atoms with Crippen molar-refractivity contribution in [3.63, 3.8) is 0 Å². The zero-order valence-electron chi connectivity index (χ0n) is 9.70. The predicted octanol–water partition coefficient (Wildman–Crippen LogP) is 3.89. The van der Waals surface area contributed by atoms with Crippen LogP contribution in [0, 0.1) is 5.82 Å². The Morgan fingerprint density at radius 3 is 2.50 bits per heavy atom. The Bertz CT molecular complexity index is 528. The standard InChI is InChI=1S/C14H13BrFNO/c15-14-6-3-12(16)7-11(14)9-18-8-10-1-4-13(17)5-2-10/h1-7H,8-9,17H2. The molecular weight excluding hydrogens is 297 g/mol. The molecule has 18 heavy (non-hydrogen) atoms. The molecule has 2 aromatic rings. The van der Waals surface area contributed by atoms with Crippen LogP contribution in [0.15, 0.2) is 46.9 Å². The quantitative estimate of drug-likeness (QED) is 0.870. The van der Waals surface area contributed by atoms with Gasteiger partial charge >= 0.3 is 0 Å². The summed E-state index contributed by atoms with van der Waals surface area (Å²) in [7, 11) is 0. The number of hydrogen-bond acceptors (Lipinski definition) is 2. The Labute approximate surface area is 114 Å². The van der Waals surface area contributed by atoms with Gasteiger partial charge in [0.05, 0.1) is 13.2 Å². The number of nitrogen functional groups attached to an aromatic ring is 1. The highest BCUT2D eigenvalue weighted by atomic mass is 79.9. The number of nitrogens with two attached hydrogens (primary N) is 1. The summed E-state index contributed by atoms with van der Waals surface area (Å²) in [5, 5.41) is 0. The first kappa shape index (κ1) is 13.1. The molecular formula is C14H13BrFNO.